The highest BCUT2D eigenvalue weighted by Crippen LogP contribution is 2.20. The lowest BCUT2D eigenvalue weighted by Crippen LogP contribution is -1.96. The van der Waals surface area contributed by atoms with Crippen molar-refractivity contribution in [3.8, 4) is 11.3 Å². The van der Waals surface area contributed by atoms with Gasteiger partial charge in [0.2, 0.25) is 0 Å². The molecule has 3 nitrogen and oxygen atoms in total. The van der Waals surface area contributed by atoms with Crippen molar-refractivity contribution in [2.24, 2.45) is 0 Å². The zero-order valence-electron chi connectivity index (χ0n) is 7.19. The lowest BCUT2D eigenvalue weighted by Gasteiger charge is -1.99. The molecule has 0 saturated carbocycles. The molecule has 2 aromatic heterocycles. The van der Waals surface area contributed by atoms with Crippen LogP contribution in [0.5, 0.6) is 0 Å². The van der Waals surface area contributed by atoms with Gasteiger partial charge in [-0.1, -0.05) is 0 Å². The molecule has 0 atom stereocenters. The molecule has 0 radical (unpaired) electrons. The van der Waals surface area contributed by atoms with E-state index in [4.69, 9.17) is 5.73 Å². The Morgan fingerprint density at radius 1 is 1.38 bits per heavy atom. The number of nitrogens with two attached hydrogens (primary N) is 1. The molecule has 0 aliphatic heterocycles. The van der Waals surface area contributed by atoms with Crippen molar-refractivity contribution in [2.75, 3.05) is 5.73 Å². The Morgan fingerprint density at radius 3 is 2.85 bits per heavy atom. The minimum Gasteiger partial charge on any atom is -0.384 e. The van der Waals surface area contributed by atoms with E-state index in [-0.39, 0.29) is 0 Å². The molecule has 0 aliphatic rings. The first-order chi connectivity index (χ1) is 6.25. The molecule has 0 aromatic carbocycles. The standard InChI is InChI=1S/C9H9N3S/c1-6-11-8(4-9(10)12-6)7-2-3-13-5-7/h2-5H,1H3,(H2,10,11,12). The largest absolute Gasteiger partial charge is 0.384 e. The van der Waals surface area contributed by atoms with E-state index >= 15 is 0 Å². The maximum absolute atomic E-state index is 5.62. The van der Waals surface area contributed by atoms with Crippen molar-refractivity contribution in [3.05, 3.63) is 28.7 Å². The van der Waals surface area contributed by atoms with Crippen molar-refractivity contribution in [3.63, 3.8) is 0 Å². The summed E-state index contributed by atoms with van der Waals surface area (Å²) in [5, 5.41) is 4.06. The summed E-state index contributed by atoms with van der Waals surface area (Å²) in [5.74, 6) is 1.23. The predicted octanol–water partition coefficient (Wildman–Crippen LogP) is 2.10. The second-order valence-electron chi connectivity index (χ2n) is 2.74. The molecule has 66 valence electrons. The number of hydrogen-bond donors (Lipinski definition) is 1. The summed E-state index contributed by atoms with van der Waals surface area (Å²) >= 11 is 1.64. The first-order valence-corrected chi connectivity index (χ1v) is 4.84. The highest BCUT2D eigenvalue weighted by atomic mass is 32.1. The summed E-state index contributed by atoms with van der Waals surface area (Å²) < 4.78 is 0. The average Bonchev–Trinajstić information content (AvgIpc) is 2.53. The highest BCUT2D eigenvalue weighted by molar-refractivity contribution is 7.08. The SMILES string of the molecule is Cc1nc(N)cc(-c2ccsc2)n1. The second-order valence-corrected chi connectivity index (χ2v) is 3.52. The van der Waals surface area contributed by atoms with Crippen LogP contribution in [0.3, 0.4) is 0 Å². The van der Waals surface area contributed by atoms with E-state index in [1.54, 1.807) is 17.4 Å². The number of thiophene rings is 1. The van der Waals surface area contributed by atoms with Gasteiger partial charge in [-0.25, -0.2) is 9.97 Å². The van der Waals surface area contributed by atoms with Crippen molar-refractivity contribution in [1.82, 2.24) is 9.97 Å². The maximum Gasteiger partial charge on any atom is 0.128 e. The first-order valence-electron chi connectivity index (χ1n) is 3.89. The van der Waals surface area contributed by atoms with Crippen LogP contribution in [0.1, 0.15) is 5.82 Å². The topological polar surface area (TPSA) is 51.8 Å². The van der Waals surface area contributed by atoms with Gasteiger partial charge in [0.25, 0.3) is 0 Å². The fraction of sp³-hybridized carbons (Fsp3) is 0.111. The van der Waals surface area contributed by atoms with Gasteiger partial charge in [-0.3, -0.25) is 0 Å². The minimum absolute atomic E-state index is 0.522. The van der Waals surface area contributed by atoms with Crippen molar-refractivity contribution in [2.45, 2.75) is 6.92 Å². The van der Waals surface area contributed by atoms with Gasteiger partial charge in [0.15, 0.2) is 0 Å². The van der Waals surface area contributed by atoms with Crippen LogP contribution in [0.15, 0.2) is 22.9 Å². The zero-order chi connectivity index (χ0) is 9.26. The number of aryl methyl sites for hydroxylation is 1. The quantitative estimate of drug-likeness (QED) is 0.751. The molecule has 0 bridgehead atoms. The lowest BCUT2D eigenvalue weighted by atomic mass is 10.2. The molecule has 2 N–H and O–H groups in total. The van der Waals surface area contributed by atoms with Crippen LogP contribution < -0.4 is 5.73 Å². The van der Waals surface area contributed by atoms with Crippen LogP contribution in [-0.2, 0) is 0 Å². The summed E-state index contributed by atoms with van der Waals surface area (Å²) in [4.78, 5) is 8.31. The molecule has 2 heterocycles. The molecular weight excluding hydrogens is 182 g/mol. The Labute approximate surface area is 80.3 Å². The molecule has 2 rings (SSSR count). The van der Waals surface area contributed by atoms with Gasteiger partial charge in [-0.15, -0.1) is 0 Å². The van der Waals surface area contributed by atoms with E-state index < -0.39 is 0 Å². The van der Waals surface area contributed by atoms with Gasteiger partial charge in [-0.2, -0.15) is 11.3 Å². The van der Waals surface area contributed by atoms with E-state index in [0.29, 0.717) is 11.6 Å². The number of rotatable bonds is 1. The summed E-state index contributed by atoms with van der Waals surface area (Å²) in [5.41, 5.74) is 7.61. The zero-order valence-corrected chi connectivity index (χ0v) is 8.01. The third-order valence-corrected chi connectivity index (χ3v) is 2.36. The van der Waals surface area contributed by atoms with Crippen LogP contribution in [0.2, 0.25) is 0 Å². The van der Waals surface area contributed by atoms with Gasteiger partial charge in [0, 0.05) is 17.0 Å². The molecule has 0 fully saturated rings. The molecule has 0 saturated heterocycles. The van der Waals surface area contributed by atoms with Gasteiger partial charge in [0.05, 0.1) is 5.69 Å². The normalized spacial score (nSPS) is 10.2. The van der Waals surface area contributed by atoms with Crippen LogP contribution >= 0.6 is 11.3 Å². The van der Waals surface area contributed by atoms with E-state index in [1.165, 1.54) is 0 Å². The van der Waals surface area contributed by atoms with Crippen LogP contribution in [-0.4, -0.2) is 9.97 Å². The second kappa shape index (κ2) is 3.14. The number of anilines is 1. The number of nitrogen functional groups attached to an aromatic ring is 1. The van der Waals surface area contributed by atoms with E-state index in [1.807, 2.05) is 23.8 Å². The Bertz CT molecular complexity index is 389. The van der Waals surface area contributed by atoms with Crippen LogP contribution in [0, 0.1) is 6.92 Å². The Hall–Kier alpha value is -1.42. The Morgan fingerprint density at radius 2 is 2.23 bits per heavy atom. The van der Waals surface area contributed by atoms with Gasteiger partial charge >= 0.3 is 0 Å². The third kappa shape index (κ3) is 1.67. The molecule has 0 spiro atoms. The molecule has 13 heavy (non-hydrogen) atoms. The Balaban J connectivity index is 2.53. The van der Waals surface area contributed by atoms with Crippen LogP contribution in [0.25, 0.3) is 11.3 Å². The third-order valence-electron chi connectivity index (χ3n) is 1.67. The van der Waals surface area contributed by atoms with E-state index in [9.17, 15) is 0 Å². The first kappa shape index (κ1) is 8.19. The fourth-order valence-electron chi connectivity index (χ4n) is 1.15. The Kier molecular flexibility index (Phi) is 1.98. The maximum atomic E-state index is 5.62. The van der Waals surface area contributed by atoms with Gasteiger partial charge in [0.1, 0.15) is 11.6 Å². The molecule has 4 heteroatoms. The van der Waals surface area contributed by atoms with E-state index in [2.05, 4.69) is 9.97 Å². The lowest BCUT2D eigenvalue weighted by molar-refractivity contribution is 1.07. The minimum atomic E-state index is 0.522. The molecule has 2 aromatic rings. The van der Waals surface area contributed by atoms with E-state index in [0.717, 1.165) is 11.3 Å². The van der Waals surface area contributed by atoms with Crippen LogP contribution in [0.4, 0.5) is 5.82 Å². The summed E-state index contributed by atoms with van der Waals surface area (Å²) in [7, 11) is 0. The van der Waals surface area contributed by atoms with Crippen molar-refractivity contribution >= 4 is 17.2 Å². The molecule has 0 aliphatic carbocycles. The number of hydrogen-bond acceptors (Lipinski definition) is 4. The van der Waals surface area contributed by atoms with Crippen molar-refractivity contribution in [1.29, 1.82) is 0 Å². The highest BCUT2D eigenvalue weighted by Gasteiger charge is 2.01. The monoisotopic (exact) mass is 191 g/mol. The summed E-state index contributed by atoms with van der Waals surface area (Å²) in [6, 6.07) is 3.81. The summed E-state index contributed by atoms with van der Waals surface area (Å²) in [6.45, 7) is 1.84. The smallest absolute Gasteiger partial charge is 0.128 e. The summed E-state index contributed by atoms with van der Waals surface area (Å²) in [6.07, 6.45) is 0. The average molecular weight is 191 g/mol. The molecule has 0 amide bonds. The van der Waals surface area contributed by atoms with Gasteiger partial charge < -0.3 is 5.73 Å². The number of nitrogens with zero attached hydrogens (tertiary/aromatic N) is 2. The van der Waals surface area contributed by atoms with Crippen molar-refractivity contribution < 1.29 is 0 Å². The van der Waals surface area contributed by atoms with Gasteiger partial charge in [-0.05, 0) is 18.4 Å². The molecular formula is C9H9N3S. The predicted molar refractivity (Wildman–Crippen MR) is 54.5 cm³/mol. The fourth-order valence-corrected chi connectivity index (χ4v) is 1.80. The number of aromatic nitrogens is 2. The molecule has 0 unspecified atom stereocenters.